The van der Waals surface area contributed by atoms with Gasteiger partial charge in [-0.05, 0) is 41.7 Å². The van der Waals surface area contributed by atoms with Crippen molar-refractivity contribution in [1.82, 2.24) is 5.32 Å². The Morgan fingerprint density at radius 1 is 0.971 bits per heavy atom. The molecule has 180 valence electrons. The summed E-state index contributed by atoms with van der Waals surface area (Å²) in [6.45, 7) is 7.44. The number of amides is 1. The Morgan fingerprint density at radius 3 is 2.37 bits per heavy atom. The summed E-state index contributed by atoms with van der Waals surface area (Å²) < 4.78 is 11.8. The van der Waals surface area contributed by atoms with Crippen LogP contribution in [0.25, 0.3) is 6.08 Å². The van der Waals surface area contributed by atoms with Gasteiger partial charge in [0.15, 0.2) is 11.5 Å². The molecule has 3 rings (SSSR count). The molecule has 0 fully saturated rings. The fraction of sp³-hybridized carbons (Fsp3) is 0.267. The zero-order valence-corrected chi connectivity index (χ0v) is 20.6. The quantitative estimate of drug-likeness (QED) is 0.275. The lowest BCUT2D eigenvalue weighted by atomic mass is 10.0. The van der Waals surface area contributed by atoms with Gasteiger partial charge in [0.1, 0.15) is 11.6 Å². The van der Waals surface area contributed by atoms with Crippen LogP contribution < -0.4 is 14.8 Å². The molecule has 3 aromatic carbocycles. The number of nitrogens with one attached hydrogen (secondary N) is 1. The third-order valence-electron chi connectivity index (χ3n) is 5.55. The first-order valence-electron chi connectivity index (χ1n) is 11.9. The number of rotatable bonds is 11. The predicted octanol–water partition coefficient (Wildman–Crippen LogP) is 6.05. The third-order valence-corrected chi connectivity index (χ3v) is 5.55. The van der Waals surface area contributed by atoms with Crippen LogP contribution in [0.4, 0.5) is 0 Å². The Kier molecular flexibility index (Phi) is 9.50. The van der Waals surface area contributed by atoms with E-state index in [-0.39, 0.29) is 5.57 Å². The van der Waals surface area contributed by atoms with Crippen molar-refractivity contribution in [2.75, 3.05) is 13.2 Å². The highest BCUT2D eigenvalue weighted by atomic mass is 16.5. The Labute approximate surface area is 208 Å². The minimum atomic E-state index is -0.433. The van der Waals surface area contributed by atoms with Crippen molar-refractivity contribution in [2.24, 2.45) is 0 Å². The molecule has 0 radical (unpaired) electrons. The second kappa shape index (κ2) is 13.0. The molecule has 0 spiro atoms. The monoisotopic (exact) mass is 468 g/mol. The Bertz CT molecular complexity index is 1180. The van der Waals surface area contributed by atoms with Gasteiger partial charge >= 0.3 is 0 Å². The van der Waals surface area contributed by atoms with Crippen molar-refractivity contribution in [3.05, 3.63) is 101 Å². The normalized spacial score (nSPS) is 11.1. The van der Waals surface area contributed by atoms with Crippen LogP contribution in [0.15, 0.2) is 78.4 Å². The number of para-hydroxylation sites is 1. The number of carbonyl (C=O) groups is 1. The maximum atomic E-state index is 12.8. The molecule has 0 unspecified atom stereocenters. The topological polar surface area (TPSA) is 71.3 Å². The van der Waals surface area contributed by atoms with Crippen LogP contribution in [-0.4, -0.2) is 19.1 Å². The molecule has 0 aromatic heterocycles. The SMILES string of the molecule is CCOc1cccc(/C=C(\C#N)C(=O)NCc2ccc(C(C)C)cc2)c1OCCc1ccccc1. The smallest absolute Gasteiger partial charge is 0.262 e. The molecule has 35 heavy (non-hydrogen) atoms. The number of nitriles is 1. The maximum Gasteiger partial charge on any atom is 0.262 e. The summed E-state index contributed by atoms with van der Waals surface area (Å²) in [4.78, 5) is 12.8. The van der Waals surface area contributed by atoms with Gasteiger partial charge in [-0.25, -0.2) is 0 Å². The van der Waals surface area contributed by atoms with Gasteiger partial charge in [-0.15, -0.1) is 0 Å². The van der Waals surface area contributed by atoms with E-state index in [1.165, 1.54) is 5.56 Å². The van der Waals surface area contributed by atoms with Crippen LogP contribution in [0.1, 0.15) is 48.9 Å². The molecule has 1 amide bonds. The highest BCUT2D eigenvalue weighted by Gasteiger charge is 2.14. The largest absolute Gasteiger partial charge is 0.490 e. The lowest BCUT2D eigenvalue weighted by molar-refractivity contribution is -0.117. The van der Waals surface area contributed by atoms with Gasteiger partial charge in [-0.3, -0.25) is 4.79 Å². The van der Waals surface area contributed by atoms with Crippen LogP contribution in [-0.2, 0) is 17.8 Å². The van der Waals surface area contributed by atoms with Crippen LogP contribution in [0, 0.1) is 11.3 Å². The van der Waals surface area contributed by atoms with Crippen LogP contribution >= 0.6 is 0 Å². The summed E-state index contributed by atoms with van der Waals surface area (Å²) in [5, 5.41) is 12.5. The maximum absolute atomic E-state index is 12.8. The molecule has 3 aromatic rings. The average Bonchev–Trinajstić information content (AvgIpc) is 2.88. The molecular formula is C30H32N2O3. The first-order valence-corrected chi connectivity index (χ1v) is 11.9. The zero-order chi connectivity index (χ0) is 25.0. The Balaban J connectivity index is 1.74. The van der Waals surface area contributed by atoms with Crippen molar-refractivity contribution in [3.8, 4) is 17.6 Å². The number of carbonyl (C=O) groups excluding carboxylic acids is 1. The van der Waals surface area contributed by atoms with E-state index in [0.29, 0.717) is 42.7 Å². The van der Waals surface area contributed by atoms with Gasteiger partial charge in [0.2, 0.25) is 0 Å². The van der Waals surface area contributed by atoms with Crippen molar-refractivity contribution >= 4 is 12.0 Å². The number of benzene rings is 3. The molecule has 0 saturated carbocycles. The Hall–Kier alpha value is -4.04. The molecule has 0 aliphatic rings. The summed E-state index contributed by atoms with van der Waals surface area (Å²) in [6, 6.07) is 25.7. The summed E-state index contributed by atoms with van der Waals surface area (Å²) >= 11 is 0. The van der Waals surface area contributed by atoms with E-state index >= 15 is 0 Å². The number of hydrogen-bond acceptors (Lipinski definition) is 4. The molecule has 5 nitrogen and oxygen atoms in total. The van der Waals surface area contributed by atoms with Crippen LogP contribution in [0.5, 0.6) is 11.5 Å². The predicted molar refractivity (Wildman–Crippen MR) is 139 cm³/mol. The second-order valence-corrected chi connectivity index (χ2v) is 8.44. The summed E-state index contributed by atoms with van der Waals surface area (Å²) in [5.74, 6) is 1.12. The van der Waals surface area contributed by atoms with Crippen molar-refractivity contribution in [1.29, 1.82) is 5.26 Å². The third kappa shape index (κ3) is 7.48. The molecule has 0 saturated heterocycles. The summed E-state index contributed by atoms with van der Waals surface area (Å²) in [7, 11) is 0. The molecule has 0 heterocycles. The van der Waals surface area contributed by atoms with Gasteiger partial charge in [0.25, 0.3) is 5.91 Å². The van der Waals surface area contributed by atoms with Crippen molar-refractivity contribution < 1.29 is 14.3 Å². The molecular weight excluding hydrogens is 436 g/mol. The molecule has 1 N–H and O–H groups in total. The fourth-order valence-corrected chi connectivity index (χ4v) is 3.59. The first-order chi connectivity index (χ1) is 17.0. The van der Waals surface area contributed by atoms with E-state index < -0.39 is 5.91 Å². The lowest BCUT2D eigenvalue weighted by Crippen LogP contribution is -2.24. The summed E-state index contributed by atoms with van der Waals surface area (Å²) in [5.41, 5.74) is 4.01. The van der Waals surface area contributed by atoms with E-state index in [2.05, 4.69) is 31.3 Å². The minimum Gasteiger partial charge on any atom is -0.490 e. The number of ether oxygens (including phenoxy) is 2. The number of nitrogens with zero attached hydrogens (tertiary/aromatic N) is 1. The fourth-order valence-electron chi connectivity index (χ4n) is 3.59. The van der Waals surface area contributed by atoms with Gasteiger partial charge < -0.3 is 14.8 Å². The number of hydrogen-bond donors (Lipinski definition) is 1. The van der Waals surface area contributed by atoms with Crippen molar-refractivity contribution in [2.45, 2.75) is 39.7 Å². The molecule has 0 aliphatic carbocycles. The molecule has 0 atom stereocenters. The van der Waals surface area contributed by atoms with E-state index in [1.807, 2.05) is 73.7 Å². The first kappa shape index (κ1) is 25.6. The highest BCUT2D eigenvalue weighted by molar-refractivity contribution is 6.02. The van der Waals surface area contributed by atoms with Crippen LogP contribution in [0.3, 0.4) is 0 Å². The highest BCUT2D eigenvalue weighted by Crippen LogP contribution is 2.33. The zero-order valence-electron chi connectivity index (χ0n) is 20.6. The van der Waals surface area contributed by atoms with E-state index in [0.717, 1.165) is 17.5 Å². The minimum absolute atomic E-state index is 0.00496. The molecule has 0 bridgehead atoms. The van der Waals surface area contributed by atoms with E-state index in [1.54, 1.807) is 6.08 Å². The van der Waals surface area contributed by atoms with Gasteiger partial charge in [0.05, 0.1) is 13.2 Å². The lowest BCUT2D eigenvalue weighted by Gasteiger charge is -2.15. The molecule has 5 heteroatoms. The standard InChI is InChI=1S/C30H32N2O3/c1-4-34-28-12-8-11-26(29(28)35-18-17-23-9-6-5-7-10-23)19-27(20-31)30(33)32-21-24-13-15-25(16-14-24)22(2)3/h5-16,19,22H,4,17-18,21H2,1-3H3,(H,32,33)/b27-19+. The van der Waals surface area contributed by atoms with Gasteiger partial charge in [0, 0.05) is 18.5 Å². The van der Waals surface area contributed by atoms with Gasteiger partial charge in [-0.2, -0.15) is 5.26 Å². The van der Waals surface area contributed by atoms with E-state index in [9.17, 15) is 10.1 Å². The molecule has 0 aliphatic heterocycles. The van der Waals surface area contributed by atoms with Crippen LogP contribution in [0.2, 0.25) is 0 Å². The van der Waals surface area contributed by atoms with Gasteiger partial charge in [-0.1, -0.05) is 80.6 Å². The van der Waals surface area contributed by atoms with Crippen molar-refractivity contribution in [3.63, 3.8) is 0 Å². The van der Waals surface area contributed by atoms with E-state index in [4.69, 9.17) is 9.47 Å². The average molecular weight is 469 g/mol. The second-order valence-electron chi connectivity index (χ2n) is 8.44. The Morgan fingerprint density at radius 2 is 1.71 bits per heavy atom. The summed E-state index contributed by atoms with van der Waals surface area (Å²) in [6.07, 6.45) is 2.28.